The minimum atomic E-state index is 0. The fraction of sp³-hybridized carbons (Fsp3) is 0.333. The third kappa shape index (κ3) is 9.10. The molecular weight excluding hydrogens is 511 g/mol. The minimum absolute atomic E-state index is 0. The maximum Gasteiger partial charge on any atom is 3.00 e. The Labute approximate surface area is 215 Å². The molecule has 0 bridgehead atoms. The summed E-state index contributed by atoms with van der Waals surface area (Å²) in [5.74, 6) is 0.516. The third-order valence-corrected chi connectivity index (χ3v) is 4.81. The zero-order valence-electron chi connectivity index (χ0n) is 20.3. The summed E-state index contributed by atoms with van der Waals surface area (Å²) in [6, 6.07) is 11.5. The summed E-state index contributed by atoms with van der Waals surface area (Å²) < 4.78 is 0. The molecule has 0 heterocycles. The summed E-state index contributed by atoms with van der Waals surface area (Å²) in [5, 5.41) is 33.4. The van der Waals surface area contributed by atoms with Gasteiger partial charge >= 0.3 is 35.6 Å². The van der Waals surface area contributed by atoms with Crippen molar-refractivity contribution in [2.45, 2.75) is 62.3 Å². The van der Waals surface area contributed by atoms with Crippen LogP contribution in [0.4, 0.5) is 0 Å². The first kappa shape index (κ1) is 29.3. The maximum atomic E-state index is 11.1. The van der Waals surface area contributed by atoms with E-state index in [1.165, 1.54) is 0 Å². The van der Waals surface area contributed by atoms with Crippen molar-refractivity contribution in [1.82, 2.24) is 0 Å². The van der Waals surface area contributed by atoms with Crippen LogP contribution < -0.4 is 15.3 Å². The molecule has 4 heteroatoms. The first-order chi connectivity index (χ1) is 13.8. The van der Waals surface area contributed by atoms with Gasteiger partial charge in [-0.3, -0.25) is 0 Å². The van der Waals surface area contributed by atoms with Gasteiger partial charge in [-0.25, -0.2) is 0 Å². The quantitative estimate of drug-likeness (QED) is 0.398. The number of benzene rings is 3. The molecule has 0 aliphatic heterocycles. The van der Waals surface area contributed by atoms with Crippen LogP contribution in [0.5, 0.6) is 17.2 Å². The van der Waals surface area contributed by atoms with Crippen LogP contribution in [0.25, 0.3) is 0 Å². The van der Waals surface area contributed by atoms with Gasteiger partial charge in [0.1, 0.15) is 0 Å². The van der Waals surface area contributed by atoms with E-state index in [0.29, 0.717) is 0 Å². The van der Waals surface area contributed by atoms with Crippen molar-refractivity contribution in [2.24, 2.45) is 0 Å². The van der Waals surface area contributed by atoms with Crippen molar-refractivity contribution in [1.29, 1.82) is 0 Å². The van der Waals surface area contributed by atoms with E-state index in [1.807, 2.05) is 98.7 Å². The molecule has 0 spiro atoms. The molecule has 0 atom stereocenters. The van der Waals surface area contributed by atoms with Crippen LogP contribution in [-0.2, 0) is 0 Å². The zero-order valence-corrected chi connectivity index (χ0v) is 23.9. The number of hydrogen-bond acceptors (Lipinski definition) is 3. The van der Waals surface area contributed by atoms with Gasteiger partial charge in [-0.15, -0.1) is 17.2 Å². The van der Waals surface area contributed by atoms with Gasteiger partial charge in [0, 0.05) is 0 Å². The molecule has 0 aliphatic carbocycles. The van der Waals surface area contributed by atoms with Crippen LogP contribution in [0, 0.1) is 97.9 Å². The molecule has 0 unspecified atom stereocenters. The molecule has 0 fully saturated rings. The van der Waals surface area contributed by atoms with E-state index in [-0.39, 0.29) is 52.8 Å². The topological polar surface area (TPSA) is 69.2 Å². The Bertz CT molecular complexity index is 822. The summed E-state index contributed by atoms with van der Waals surface area (Å²) in [7, 11) is 0. The summed E-state index contributed by atoms with van der Waals surface area (Å²) in [6.45, 7) is 17.1. The van der Waals surface area contributed by atoms with Crippen LogP contribution in [0.1, 0.15) is 50.1 Å². The predicted molar refractivity (Wildman–Crippen MR) is 120 cm³/mol. The molecule has 0 radical (unpaired) electrons. The molecule has 3 rings (SSSR count). The Morgan fingerprint density at radius 2 is 0.484 bits per heavy atom. The second-order valence-electron chi connectivity index (χ2n) is 8.18. The second-order valence-corrected chi connectivity index (χ2v) is 8.18. The normalized spacial score (nSPS) is 9.58. The van der Waals surface area contributed by atoms with E-state index in [1.54, 1.807) is 0 Å². The minimum Gasteiger partial charge on any atom is -0.872 e. The molecule has 0 saturated carbocycles. The fourth-order valence-electron chi connectivity index (χ4n) is 3.50. The molecule has 0 aromatic heterocycles. The van der Waals surface area contributed by atoms with Crippen LogP contribution in [0.15, 0.2) is 36.4 Å². The van der Waals surface area contributed by atoms with Gasteiger partial charge in [-0.05, 0) is 62.3 Å². The molecule has 31 heavy (non-hydrogen) atoms. The molecule has 3 aromatic rings. The molecule has 0 aliphatic rings. The second kappa shape index (κ2) is 13.0. The van der Waals surface area contributed by atoms with E-state index in [9.17, 15) is 15.3 Å². The van der Waals surface area contributed by atoms with Crippen molar-refractivity contribution >= 4 is 0 Å². The summed E-state index contributed by atoms with van der Waals surface area (Å²) in [4.78, 5) is 0. The predicted octanol–water partition coefficient (Wildman–Crippen LogP) is 5.06. The molecule has 3 nitrogen and oxygen atoms in total. The van der Waals surface area contributed by atoms with Crippen molar-refractivity contribution in [2.75, 3.05) is 0 Å². The van der Waals surface area contributed by atoms with E-state index in [4.69, 9.17) is 0 Å². The molecule has 0 saturated heterocycles. The first-order valence-corrected chi connectivity index (χ1v) is 10.1. The third-order valence-electron chi connectivity index (χ3n) is 4.81. The number of aryl methyl sites for hydroxylation is 9. The van der Waals surface area contributed by atoms with Gasteiger partial charge in [-0.1, -0.05) is 86.5 Å². The Balaban J connectivity index is 0.000000429. The van der Waals surface area contributed by atoms with Crippen molar-refractivity contribution in [3.8, 4) is 17.2 Å². The molecule has 0 amide bonds. The Kier molecular flexibility index (Phi) is 12.2. The summed E-state index contributed by atoms with van der Waals surface area (Å²) in [6.07, 6.45) is 0. The molecule has 0 N–H and O–H groups in total. The van der Waals surface area contributed by atoms with Gasteiger partial charge in [-0.2, -0.15) is 0 Å². The van der Waals surface area contributed by atoms with Crippen molar-refractivity contribution in [3.05, 3.63) is 86.5 Å². The van der Waals surface area contributed by atoms with Gasteiger partial charge in [0.05, 0.1) is 0 Å². The van der Waals surface area contributed by atoms with Crippen molar-refractivity contribution < 1.29 is 50.9 Å². The average molecular weight is 544 g/mol. The molecule has 3 aromatic carbocycles. The summed E-state index contributed by atoms with van der Waals surface area (Å²) >= 11 is 0. The Morgan fingerprint density at radius 3 is 0.613 bits per heavy atom. The monoisotopic (exact) mass is 544 g/mol. The fourth-order valence-corrected chi connectivity index (χ4v) is 3.50. The van der Waals surface area contributed by atoms with Crippen molar-refractivity contribution in [3.63, 3.8) is 0 Å². The largest absolute Gasteiger partial charge is 3.00 e. The summed E-state index contributed by atoms with van der Waals surface area (Å²) in [5.41, 5.74) is 8.55. The maximum absolute atomic E-state index is 11.1. The van der Waals surface area contributed by atoms with E-state index >= 15 is 0 Å². The van der Waals surface area contributed by atoms with Crippen LogP contribution in [-0.4, -0.2) is 0 Å². The van der Waals surface area contributed by atoms with E-state index < -0.39 is 0 Å². The van der Waals surface area contributed by atoms with Gasteiger partial charge in [0.25, 0.3) is 0 Å². The van der Waals surface area contributed by atoms with E-state index in [0.717, 1.165) is 50.1 Å². The average Bonchev–Trinajstić information content (AvgIpc) is 2.63. The zero-order chi connectivity index (χ0) is 23.2. The Hall–Kier alpha value is -1.75. The van der Waals surface area contributed by atoms with Gasteiger partial charge in [0.15, 0.2) is 0 Å². The van der Waals surface area contributed by atoms with Crippen LogP contribution in [0.2, 0.25) is 0 Å². The SMILES string of the molecule is Cc1cc(C)c([O-])c(C)c1.Cc1cc(C)c([O-])c(C)c1.Cc1cc(C)c([O-])c(C)c1.[La+3]. The number of hydrogen-bond donors (Lipinski definition) is 0. The first-order valence-electron chi connectivity index (χ1n) is 10.1. The Morgan fingerprint density at radius 1 is 0.355 bits per heavy atom. The standard InChI is InChI=1S/3C9H12O.La/c3*1-6-4-7(2)9(10)8(3)5-6;/h3*4-5,10H,1-3H3;/q;;;+3/p-3. The van der Waals surface area contributed by atoms with Gasteiger partial charge in [0.2, 0.25) is 0 Å². The van der Waals surface area contributed by atoms with Crippen LogP contribution in [0.3, 0.4) is 0 Å². The molecule has 162 valence electrons. The smallest absolute Gasteiger partial charge is 0.872 e. The molecular formula is C27H33LaO3. The number of rotatable bonds is 0. The van der Waals surface area contributed by atoms with Crippen LogP contribution >= 0.6 is 0 Å². The van der Waals surface area contributed by atoms with E-state index in [2.05, 4.69) is 0 Å². The van der Waals surface area contributed by atoms with Gasteiger partial charge < -0.3 is 15.3 Å².